The first-order valence-corrected chi connectivity index (χ1v) is 4.10. The summed E-state index contributed by atoms with van der Waals surface area (Å²) in [5.41, 5.74) is 0.746. The maximum absolute atomic E-state index is 10.4. The number of nitro benzene ring substituents is 1. The van der Waals surface area contributed by atoms with Gasteiger partial charge < -0.3 is 4.74 Å². The van der Waals surface area contributed by atoms with Crippen LogP contribution in [0.4, 0.5) is 5.69 Å². The van der Waals surface area contributed by atoms with Crippen LogP contribution in [0.25, 0.3) is 0 Å². The molecule has 0 aromatic heterocycles. The van der Waals surface area contributed by atoms with E-state index in [-0.39, 0.29) is 5.69 Å². The lowest BCUT2D eigenvalue weighted by molar-refractivity contribution is -0.384. The smallest absolute Gasteiger partial charge is 0.269 e. The average Bonchev–Trinajstić information content (AvgIpc) is 2.58. The van der Waals surface area contributed by atoms with Crippen LogP contribution in [0.15, 0.2) is 18.2 Å². The highest BCUT2D eigenvalue weighted by Crippen LogP contribution is 2.31. The van der Waals surface area contributed by atoms with Crippen LogP contribution in [0.3, 0.4) is 0 Å². The van der Waals surface area contributed by atoms with Gasteiger partial charge in [0.25, 0.3) is 5.69 Å². The van der Waals surface area contributed by atoms with Gasteiger partial charge >= 0.3 is 0 Å². The number of nitrogens with zero attached hydrogens (tertiary/aromatic N) is 1. The third-order valence-electron chi connectivity index (χ3n) is 2.11. The van der Waals surface area contributed by atoms with Crippen molar-refractivity contribution in [3.05, 3.63) is 33.9 Å². The molecule has 1 aromatic rings. The quantitative estimate of drug-likeness (QED) is 0.400. The van der Waals surface area contributed by atoms with Crippen molar-refractivity contribution >= 4 is 12.0 Å². The number of ether oxygens (including phenoxy) is 1. The Morgan fingerprint density at radius 2 is 2.36 bits per heavy atom. The van der Waals surface area contributed by atoms with Crippen molar-refractivity contribution in [2.75, 3.05) is 0 Å². The normalized spacial score (nSPS) is 18.4. The van der Waals surface area contributed by atoms with E-state index >= 15 is 0 Å². The standard InChI is InChI=1S/C9H7NO4/c11-5-8-4-6-3-7(10(12)13)1-2-9(6)14-8/h1-3,5,8H,4H2. The number of aldehydes is 1. The third-order valence-corrected chi connectivity index (χ3v) is 2.11. The molecule has 1 heterocycles. The Morgan fingerprint density at radius 3 is 3.00 bits per heavy atom. The molecule has 0 saturated carbocycles. The highest BCUT2D eigenvalue weighted by atomic mass is 16.6. The molecule has 1 atom stereocenters. The van der Waals surface area contributed by atoms with Gasteiger partial charge in [0.1, 0.15) is 5.75 Å². The molecule has 0 radical (unpaired) electrons. The van der Waals surface area contributed by atoms with E-state index in [2.05, 4.69) is 0 Å². The second-order valence-corrected chi connectivity index (χ2v) is 3.05. The summed E-state index contributed by atoms with van der Waals surface area (Å²) in [5.74, 6) is 0.563. The number of hydrogen-bond donors (Lipinski definition) is 0. The van der Waals surface area contributed by atoms with Crippen molar-refractivity contribution in [2.45, 2.75) is 12.5 Å². The van der Waals surface area contributed by atoms with Crippen molar-refractivity contribution in [2.24, 2.45) is 0 Å². The van der Waals surface area contributed by atoms with E-state index in [9.17, 15) is 14.9 Å². The van der Waals surface area contributed by atoms with E-state index < -0.39 is 11.0 Å². The highest BCUT2D eigenvalue weighted by molar-refractivity contribution is 5.61. The molecule has 0 aliphatic carbocycles. The van der Waals surface area contributed by atoms with Crippen molar-refractivity contribution in [3.63, 3.8) is 0 Å². The Balaban J connectivity index is 2.35. The van der Waals surface area contributed by atoms with E-state index in [1.54, 1.807) is 0 Å². The van der Waals surface area contributed by atoms with Gasteiger partial charge in [0, 0.05) is 24.1 Å². The molecule has 72 valence electrons. The number of non-ortho nitro benzene ring substituents is 1. The van der Waals surface area contributed by atoms with Crippen molar-refractivity contribution in [1.82, 2.24) is 0 Å². The Kier molecular flexibility index (Phi) is 1.92. The number of rotatable bonds is 2. The summed E-state index contributed by atoms with van der Waals surface area (Å²) in [7, 11) is 0. The Bertz CT molecular complexity index is 402. The average molecular weight is 193 g/mol. The lowest BCUT2D eigenvalue weighted by Gasteiger charge is -1.99. The molecule has 14 heavy (non-hydrogen) atoms. The van der Waals surface area contributed by atoms with Crippen LogP contribution in [-0.4, -0.2) is 17.3 Å². The SMILES string of the molecule is O=CC1Cc2cc([N+](=O)[O-])ccc2O1. The maximum atomic E-state index is 10.4. The number of benzene rings is 1. The summed E-state index contributed by atoms with van der Waals surface area (Å²) >= 11 is 0. The van der Waals surface area contributed by atoms with Crippen molar-refractivity contribution in [3.8, 4) is 5.75 Å². The molecule has 0 fully saturated rings. The number of nitro groups is 1. The molecule has 5 nitrogen and oxygen atoms in total. The van der Waals surface area contributed by atoms with Crippen LogP contribution in [0, 0.1) is 10.1 Å². The van der Waals surface area contributed by atoms with Crippen LogP contribution in [0.2, 0.25) is 0 Å². The Hall–Kier alpha value is -1.91. The predicted octanol–water partition coefficient (Wildman–Crippen LogP) is 1.10. The van der Waals surface area contributed by atoms with Gasteiger partial charge in [0.2, 0.25) is 0 Å². The second-order valence-electron chi connectivity index (χ2n) is 3.05. The zero-order chi connectivity index (χ0) is 10.1. The summed E-state index contributed by atoms with van der Waals surface area (Å²) in [4.78, 5) is 20.4. The summed E-state index contributed by atoms with van der Waals surface area (Å²) < 4.78 is 5.20. The van der Waals surface area contributed by atoms with Crippen LogP contribution in [-0.2, 0) is 11.2 Å². The van der Waals surface area contributed by atoms with E-state index in [0.29, 0.717) is 18.5 Å². The number of carbonyl (C=O) groups is 1. The molecule has 0 amide bonds. The van der Waals surface area contributed by atoms with Gasteiger partial charge in [-0.3, -0.25) is 14.9 Å². The monoisotopic (exact) mass is 193 g/mol. The molecule has 1 aliphatic heterocycles. The predicted molar refractivity (Wildman–Crippen MR) is 47.3 cm³/mol. The number of hydrogen-bond acceptors (Lipinski definition) is 4. The van der Waals surface area contributed by atoms with E-state index in [1.807, 2.05) is 0 Å². The molecule has 1 unspecified atom stereocenters. The van der Waals surface area contributed by atoms with Gasteiger partial charge in [-0.15, -0.1) is 0 Å². The molecule has 0 spiro atoms. The molecule has 1 aliphatic rings. The van der Waals surface area contributed by atoms with Crippen LogP contribution < -0.4 is 4.74 Å². The third kappa shape index (κ3) is 1.32. The molecule has 1 aromatic carbocycles. The molecule has 0 N–H and O–H groups in total. The fourth-order valence-electron chi connectivity index (χ4n) is 1.45. The van der Waals surface area contributed by atoms with Crippen LogP contribution in [0.5, 0.6) is 5.75 Å². The summed E-state index contributed by atoms with van der Waals surface area (Å²) in [6, 6.07) is 4.34. The first-order valence-electron chi connectivity index (χ1n) is 4.10. The molecule has 5 heteroatoms. The number of carbonyl (C=O) groups excluding carboxylic acids is 1. The first-order chi connectivity index (χ1) is 6.70. The fourth-order valence-corrected chi connectivity index (χ4v) is 1.45. The van der Waals surface area contributed by atoms with E-state index in [0.717, 1.165) is 5.56 Å². The van der Waals surface area contributed by atoms with Crippen molar-refractivity contribution < 1.29 is 14.5 Å². The van der Waals surface area contributed by atoms with E-state index in [4.69, 9.17) is 4.74 Å². The highest BCUT2D eigenvalue weighted by Gasteiger charge is 2.24. The zero-order valence-electron chi connectivity index (χ0n) is 7.17. The summed E-state index contributed by atoms with van der Waals surface area (Å²) in [6.07, 6.45) is 0.624. The summed E-state index contributed by atoms with van der Waals surface area (Å²) in [6.45, 7) is 0. The summed E-state index contributed by atoms with van der Waals surface area (Å²) in [5, 5.41) is 10.4. The van der Waals surface area contributed by atoms with Gasteiger partial charge in [0.15, 0.2) is 12.4 Å². The largest absolute Gasteiger partial charge is 0.482 e. The van der Waals surface area contributed by atoms with Gasteiger partial charge in [-0.2, -0.15) is 0 Å². The first kappa shape index (κ1) is 8.68. The minimum atomic E-state index is -0.494. The van der Waals surface area contributed by atoms with Crippen LogP contribution >= 0.6 is 0 Å². The van der Waals surface area contributed by atoms with Gasteiger partial charge in [0.05, 0.1) is 4.92 Å². The lowest BCUT2D eigenvalue weighted by atomic mass is 10.1. The Labute approximate surface area is 79.4 Å². The Morgan fingerprint density at radius 1 is 1.57 bits per heavy atom. The van der Waals surface area contributed by atoms with Gasteiger partial charge in [-0.05, 0) is 6.07 Å². The molecule has 0 saturated heterocycles. The number of fused-ring (bicyclic) bond motifs is 1. The zero-order valence-corrected chi connectivity index (χ0v) is 7.17. The molecule has 0 bridgehead atoms. The van der Waals surface area contributed by atoms with Crippen molar-refractivity contribution in [1.29, 1.82) is 0 Å². The van der Waals surface area contributed by atoms with Crippen LogP contribution in [0.1, 0.15) is 5.56 Å². The molecular weight excluding hydrogens is 186 g/mol. The minimum absolute atomic E-state index is 0.0268. The topological polar surface area (TPSA) is 69.4 Å². The fraction of sp³-hybridized carbons (Fsp3) is 0.222. The molecule has 2 rings (SSSR count). The maximum Gasteiger partial charge on any atom is 0.269 e. The van der Waals surface area contributed by atoms with Gasteiger partial charge in [-0.1, -0.05) is 0 Å². The van der Waals surface area contributed by atoms with E-state index in [1.165, 1.54) is 18.2 Å². The van der Waals surface area contributed by atoms with Gasteiger partial charge in [-0.25, -0.2) is 0 Å². The minimum Gasteiger partial charge on any atom is -0.482 e. The molecular formula is C9H7NO4. The lowest BCUT2D eigenvalue weighted by Crippen LogP contribution is -2.13. The second kappa shape index (κ2) is 3.10.